The maximum absolute atomic E-state index is 12.9. The molecule has 0 radical (unpaired) electrons. The minimum Gasteiger partial charge on any atom is -0.219 e. The van der Waals surface area contributed by atoms with Crippen molar-refractivity contribution in [3.8, 4) is 0 Å². The first kappa shape index (κ1) is 21.0. The van der Waals surface area contributed by atoms with Gasteiger partial charge in [0.1, 0.15) is 0 Å². The van der Waals surface area contributed by atoms with E-state index in [9.17, 15) is 8.42 Å². The van der Waals surface area contributed by atoms with Gasteiger partial charge in [-0.3, -0.25) is 0 Å². The SMILES string of the molecule is CCC(C)(CC)c1ccc(S(=O)(=O)c2ccc(SC(C)(C)C)cc2)cc1. The van der Waals surface area contributed by atoms with Crippen LogP contribution in [0.3, 0.4) is 0 Å². The number of hydrogen-bond donors (Lipinski definition) is 0. The smallest absolute Gasteiger partial charge is 0.206 e. The molecule has 0 amide bonds. The topological polar surface area (TPSA) is 34.1 Å². The van der Waals surface area contributed by atoms with Crippen molar-refractivity contribution in [3.63, 3.8) is 0 Å². The van der Waals surface area contributed by atoms with Gasteiger partial charge in [-0.15, -0.1) is 11.8 Å². The van der Waals surface area contributed by atoms with Crippen LogP contribution in [-0.4, -0.2) is 13.2 Å². The van der Waals surface area contributed by atoms with Gasteiger partial charge in [0.15, 0.2) is 0 Å². The molecule has 142 valence electrons. The second-order valence-electron chi connectivity index (χ2n) is 7.98. The van der Waals surface area contributed by atoms with Gasteiger partial charge in [0, 0.05) is 9.64 Å². The molecule has 26 heavy (non-hydrogen) atoms. The van der Waals surface area contributed by atoms with Crippen molar-refractivity contribution in [2.24, 2.45) is 0 Å². The molecule has 0 aromatic heterocycles. The molecule has 0 spiro atoms. The molecular weight excluding hydrogens is 360 g/mol. The molecule has 2 aromatic carbocycles. The zero-order valence-electron chi connectivity index (χ0n) is 16.7. The van der Waals surface area contributed by atoms with Crippen LogP contribution in [0, 0.1) is 0 Å². The highest BCUT2D eigenvalue weighted by atomic mass is 32.2. The van der Waals surface area contributed by atoms with Gasteiger partial charge in [-0.05, 0) is 60.2 Å². The maximum Gasteiger partial charge on any atom is 0.206 e. The first-order chi connectivity index (χ1) is 12.0. The molecule has 0 aliphatic heterocycles. The molecule has 0 N–H and O–H groups in total. The molecule has 4 heteroatoms. The highest BCUT2D eigenvalue weighted by molar-refractivity contribution is 8.00. The summed E-state index contributed by atoms with van der Waals surface area (Å²) in [5.74, 6) is 0. The van der Waals surface area contributed by atoms with Crippen LogP contribution in [-0.2, 0) is 15.3 Å². The van der Waals surface area contributed by atoms with E-state index in [1.165, 1.54) is 5.56 Å². The van der Waals surface area contributed by atoms with Crippen molar-refractivity contribution in [2.75, 3.05) is 0 Å². The Bertz CT molecular complexity index is 823. The molecule has 0 unspecified atom stereocenters. The molecule has 2 rings (SSSR count). The summed E-state index contributed by atoms with van der Waals surface area (Å²) in [6.45, 7) is 13.0. The molecule has 0 aliphatic carbocycles. The van der Waals surface area contributed by atoms with Crippen LogP contribution in [0.2, 0.25) is 0 Å². The summed E-state index contributed by atoms with van der Waals surface area (Å²) in [6, 6.07) is 14.6. The van der Waals surface area contributed by atoms with Crippen LogP contribution >= 0.6 is 11.8 Å². The Balaban J connectivity index is 2.30. The van der Waals surface area contributed by atoms with Gasteiger partial charge < -0.3 is 0 Å². The van der Waals surface area contributed by atoms with Crippen LogP contribution in [0.5, 0.6) is 0 Å². The van der Waals surface area contributed by atoms with Gasteiger partial charge in [0.25, 0.3) is 0 Å². The molecule has 2 aromatic rings. The molecule has 0 saturated heterocycles. The van der Waals surface area contributed by atoms with Crippen molar-refractivity contribution in [1.82, 2.24) is 0 Å². The van der Waals surface area contributed by atoms with Crippen LogP contribution in [0.1, 0.15) is 59.9 Å². The summed E-state index contributed by atoms with van der Waals surface area (Å²) in [5, 5.41) is 0. The molecule has 0 atom stereocenters. The van der Waals surface area contributed by atoms with Crippen molar-refractivity contribution in [3.05, 3.63) is 54.1 Å². The Morgan fingerprint density at radius 1 is 0.769 bits per heavy atom. The number of thioether (sulfide) groups is 1. The van der Waals surface area contributed by atoms with Crippen molar-refractivity contribution >= 4 is 21.6 Å². The van der Waals surface area contributed by atoms with E-state index in [4.69, 9.17) is 0 Å². The third kappa shape index (κ3) is 4.72. The monoisotopic (exact) mass is 390 g/mol. The fourth-order valence-electron chi connectivity index (χ4n) is 2.87. The van der Waals surface area contributed by atoms with Crippen LogP contribution in [0.15, 0.2) is 63.2 Å². The fraction of sp³-hybridized carbons (Fsp3) is 0.455. The van der Waals surface area contributed by atoms with E-state index in [1.54, 1.807) is 36.0 Å². The molecule has 2 nitrogen and oxygen atoms in total. The average Bonchev–Trinajstić information content (AvgIpc) is 2.60. The second kappa shape index (κ2) is 7.77. The lowest BCUT2D eigenvalue weighted by Crippen LogP contribution is -2.19. The zero-order valence-corrected chi connectivity index (χ0v) is 18.3. The number of hydrogen-bond acceptors (Lipinski definition) is 3. The lowest BCUT2D eigenvalue weighted by atomic mass is 9.78. The van der Waals surface area contributed by atoms with E-state index in [-0.39, 0.29) is 10.2 Å². The fourth-order valence-corrected chi connectivity index (χ4v) is 5.11. The summed E-state index contributed by atoms with van der Waals surface area (Å²) in [7, 11) is -3.48. The first-order valence-electron chi connectivity index (χ1n) is 9.16. The second-order valence-corrected chi connectivity index (χ2v) is 11.8. The highest BCUT2D eigenvalue weighted by Crippen LogP contribution is 2.34. The Morgan fingerprint density at radius 2 is 1.19 bits per heavy atom. The van der Waals surface area contributed by atoms with Crippen LogP contribution in [0.4, 0.5) is 0 Å². The Morgan fingerprint density at radius 3 is 1.58 bits per heavy atom. The van der Waals surface area contributed by atoms with E-state index in [1.807, 2.05) is 24.3 Å². The van der Waals surface area contributed by atoms with E-state index in [2.05, 4.69) is 41.5 Å². The van der Waals surface area contributed by atoms with Crippen molar-refractivity contribution in [2.45, 2.75) is 79.2 Å². The van der Waals surface area contributed by atoms with Gasteiger partial charge in [0.05, 0.1) is 9.79 Å². The molecule has 0 aliphatic rings. The van der Waals surface area contributed by atoms with Gasteiger partial charge in [-0.2, -0.15) is 0 Å². The average molecular weight is 391 g/mol. The first-order valence-corrected chi connectivity index (χ1v) is 11.5. The van der Waals surface area contributed by atoms with Gasteiger partial charge in [-0.25, -0.2) is 8.42 Å². The van der Waals surface area contributed by atoms with Gasteiger partial charge in [0.2, 0.25) is 9.84 Å². The van der Waals surface area contributed by atoms with Crippen LogP contribution < -0.4 is 0 Å². The summed E-state index contributed by atoms with van der Waals surface area (Å²) in [6.07, 6.45) is 2.06. The molecule has 0 saturated carbocycles. The Labute approximate surface area is 163 Å². The minimum absolute atomic E-state index is 0.0914. The summed E-state index contributed by atoms with van der Waals surface area (Å²) >= 11 is 1.73. The third-order valence-corrected chi connectivity index (χ3v) is 7.89. The third-order valence-electron chi connectivity index (χ3n) is 4.98. The van der Waals surface area contributed by atoms with Gasteiger partial charge >= 0.3 is 0 Å². The lowest BCUT2D eigenvalue weighted by Gasteiger charge is -2.27. The molecule has 0 fully saturated rings. The number of sulfone groups is 1. The van der Waals surface area contributed by atoms with Crippen molar-refractivity contribution in [1.29, 1.82) is 0 Å². The Kier molecular flexibility index (Phi) is 6.29. The van der Waals surface area contributed by atoms with Crippen LogP contribution in [0.25, 0.3) is 0 Å². The predicted molar refractivity (Wildman–Crippen MR) is 112 cm³/mol. The normalized spacial score (nSPS) is 13.0. The van der Waals surface area contributed by atoms with Crippen molar-refractivity contribution < 1.29 is 8.42 Å². The largest absolute Gasteiger partial charge is 0.219 e. The molecular formula is C22H30O2S2. The lowest BCUT2D eigenvalue weighted by molar-refractivity contribution is 0.438. The molecule has 0 heterocycles. The summed E-state index contributed by atoms with van der Waals surface area (Å²) < 4.78 is 25.9. The summed E-state index contributed by atoms with van der Waals surface area (Å²) in [5.41, 5.74) is 1.28. The standard InChI is InChI=1S/C22H30O2S2/c1-7-22(6,8-2)17-9-13-19(14-10-17)26(23,24)20-15-11-18(12-16-20)25-21(3,4)5/h9-16H,7-8H2,1-6H3. The highest BCUT2D eigenvalue weighted by Gasteiger charge is 2.24. The Hall–Kier alpha value is -1.26. The van der Waals surface area contributed by atoms with E-state index in [0.717, 1.165) is 17.7 Å². The maximum atomic E-state index is 12.9. The van der Waals surface area contributed by atoms with E-state index < -0.39 is 9.84 Å². The predicted octanol–water partition coefficient (Wildman–Crippen LogP) is 6.49. The minimum atomic E-state index is -3.48. The number of rotatable bonds is 6. The zero-order chi connectivity index (χ0) is 19.6. The van der Waals surface area contributed by atoms with E-state index >= 15 is 0 Å². The van der Waals surface area contributed by atoms with E-state index in [0.29, 0.717) is 9.79 Å². The molecule has 0 bridgehead atoms. The number of benzene rings is 2. The van der Waals surface area contributed by atoms with Gasteiger partial charge in [-0.1, -0.05) is 53.7 Å². The quantitative estimate of drug-likeness (QED) is 0.529. The summed E-state index contributed by atoms with van der Waals surface area (Å²) in [4.78, 5) is 1.78.